The van der Waals surface area contributed by atoms with Crippen LogP contribution in [0.25, 0.3) is 0 Å². The average Bonchev–Trinajstić information content (AvgIpc) is 2.67. The van der Waals surface area contributed by atoms with Gasteiger partial charge in [0, 0.05) is 32.8 Å². The number of carbonyl (C=O) groups excluding carboxylic acids is 1. The van der Waals surface area contributed by atoms with Gasteiger partial charge in [0.15, 0.2) is 0 Å². The molecule has 2 amide bonds. The number of ether oxygens (including phenoxy) is 2. The molecule has 1 aromatic rings. The summed E-state index contributed by atoms with van der Waals surface area (Å²) in [6, 6.07) is 8.34. The molecule has 0 atom stereocenters. The van der Waals surface area contributed by atoms with Crippen LogP contribution in [-0.2, 0) is 11.3 Å². The van der Waals surface area contributed by atoms with Gasteiger partial charge in [-0.15, -0.1) is 0 Å². The van der Waals surface area contributed by atoms with E-state index < -0.39 is 0 Å². The van der Waals surface area contributed by atoms with Crippen LogP contribution >= 0.6 is 0 Å². The Labute approximate surface area is 150 Å². The van der Waals surface area contributed by atoms with Crippen LogP contribution in [0, 0.1) is 0 Å². The fourth-order valence-corrected chi connectivity index (χ4v) is 3.64. The van der Waals surface area contributed by atoms with E-state index >= 15 is 0 Å². The van der Waals surface area contributed by atoms with Crippen molar-refractivity contribution in [3.63, 3.8) is 0 Å². The van der Waals surface area contributed by atoms with Gasteiger partial charge < -0.3 is 19.7 Å². The Morgan fingerprint density at radius 1 is 1.20 bits per heavy atom. The Morgan fingerprint density at radius 2 is 1.96 bits per heavy atom. The molecule has 1 aliphatic heterocycles. The largest absolute Gasteiger partial charge is 0.490 e. The Balaban J connectivity index is 1.48. The van der Waals surface area contributed by atoms with Gasteiger partial charge in [-0.2, -0.15) is 0 Å². The van der Waals surface area contributed by atoms with Crippen molar-refractivity contribution in [2.45, 2.75) is 63.6 Å². The normalized spacial score (nSPS) is 19.4. The second-order valence-corrected chi connectivity index (χ2v) is 7.14. The number of urea groups is 1. The van der Waals surface area contributed by atoms with Crippen molar-refractivity contribution in [1.29, 1.82) is 0 Å². The van der Waals surface area contributed by atoms with Gasteiger partial charge >= 0.3 is 6.03 Å². The summed E-state index contributed by atoms with van der Waals surface area (Å²) >= 11 is 0. The second kappa shape index (κ2) is 9.09. The molecule has 0 aromatic heterocycles. The Kier molecular flexibility index (Phi) is 6.56. The summed E-state index contributed by atoms with van der Waals surface area (Å²) in [6.07, 6.45) is 8.32. The highest BCUT2D eigenvalue weighted by Crippen LogP contribution is 2.24. The van der Waals surface area contributed by atoms with Gasteiger partial charge in [0.25, 0.3) is 0 Å². The molecular weight excluding hydrogens is 316 g/mol. The lowest BCUT2D eigenvalue weighted by molar-refractivity contribution is 0.0525. The Bertz CT molecular complexity index is 552. The SMILES string of the molecule is CN(C(=O)NCc1cccc(OC2CCCCC2)c1)C1CCOCC1. The zero-order valence-electron chi connectivity index (χ0n) is 15.2. The van der Waals surface area contributed by atoms with Crippen molar-refractivity contribution in [2.24, 2.45) is 0 Å². The molecule has 2 aliphatic rings. The standard InChI is InChI=1S/C20H30N2O3/c1-22(17-10-12-24-13-11-17)20(23)21-15-16-6-5-9-19(14-16)25-18-7-3-2-4-8-18/h5-6,9,14,17-18H,2-4,7-8,10-13,15H2,1H3,(H,21,23). The first-order chi connectivity index (χ1) is 12.2. The minimum atomic E-state index is -0.0227. The molecule has 1 saturated heterocycles. The van der Waals surface area contributed by atoms with Crippen LogP contribution in [0.2, 0.25) is 0 Å². The summed E-state index contributed by atoms with van der Waals surface area (Å²) in [5.41, 5.74) is 1.07. The van der Waals surface area contributed by atoms with Gasteiger partial charge in [0.05, 0.1) is 6.10 Å². The van der Waals surface area contributed by atoms with E-state index in [4.69, 9.17) is 9.47 Å². The number of nitrogens with one attached hydrogen (secondary N) is 1. The van der Waals surface area contributed by atoms with Gasteiger partial charge in [-0.05, 0) is 56.2 Å². The smallest absolute Gasteiger partial charge is 0.317 e. The molecule has 25 heavy (non-hydrogen) atoms. The number of hydrogen-bond donors (Lipinski definition) is 1. The highest BCUT2D eigenvalue weighted by atomic mass is 16.5. The molecule has 5 heteroatoms. The lowest BCUT2D eigenvalue weighted by atomic mass is 9.98. The number of nitrogens with zero attached hydrogens (tertiary/aromatic N) is 1. The van der Waals surface area contributed by atoms with E-state index in [2.05, 4.69) is 5.32 Å². The lowest BCUT2D eigenvalue weighted by Gasteiger charge is -2.31. The molecule has 138 valence electrons. The molecule has 0 unspecified atom stereocenters. The zero-order valence-corrected chi connectivity index (χ0v) is 15.2. The van der Waals surface area contributed by atoms with Gasteiger partial charge in [0.2, 0.25) is 0 Å². The molecule has 0 radical (unpaired) electrons. The first kappa shape index (κ1) is 18.1. The monoisotopic (exact) mass is 346 g/mol. The molecule has 1 aliphatic carbocycles. The highest BCUT2D eigenvalue weighted by molar-refractivity contribution is 5.74. The summed E-state index contributed by atoms with van der Waals surface area (Å²) in [7, 11) is 1.87. The first-order valence-electron chi connectivity index (χ1n) is 9.56. The minimum absolute atomic E-state index is 0.0227. The van der Waals surface area contributed by atoms with Crippen molar-refractivity contribution in [3.05, 3.63) is 29.8 Å². The van der Waals surface area contributed by atoms with Crippen LogP contribution in [0.1, 0.15) is 50.5 Å². The second-order valence-electron chi connectivity index (χ2n) is 7.14. The van der Waals surface area contributed by atoms with E-state index in [9.17, 15) is 4.79 Å². The third-order valence-electron chi connectivity index (χ3n) is 5.26. The lowest BCUT2D eigenvalue weighted by Crippen LogP contribution is -2.45. The van der Waals surface area contributed by atoms with Crippen LogP contribution in [0.15, 0.2) is 24.3 Å². The van der Waals surface area contributed by atoms with E-state index in [1.807, 2.05) is 36.2 Å². The van der Waals surface area contributed by atoms with E-state index in [-0.39, 0.29) is 12.1 Å². The van der Waals surface area contributed by atoms with Crippen molar-refractivity contribution in [2.75, 3.05) is 20.3 Å². The number of benzene rings is 1. The fourth-order valence-electron chi connectivity index (χ4n) is 3.64. The van der Waals surface area contributed by atoms with E-state index in [0.29, 0.717) is 12.6 Å². The molecule has 1 N–H and O–H groups in total. The van der Waals surface area contributed by atoms with Crippen LogP contribution in [0.4, 0.5) is 4.79 Å². The maximum atomic E-state index is 12.4. The summed E-state index contributed by atoms with van der Waals surface area (Å²) in [4.78, 5) is 14.2. The number of rotatable bonds is 5. The van der Waals surface area contributed by atoms with E-state index in [1.54, 1.807) is 0 Å². The predicted molar refractivity (Wildman–Crippen MR) is 97.8 cm³/mol. The molecule has 5 nitrogen and oxygen atoms in total. The van der Waals surface area contributed by atoms with Gasteiger partial charge in [-0.25, -0.2) is 4.79 Å². The number of carbonyl (C=O) groups is 1. The van der Waals surface area contributed by atoms with Gasteiger partial charge in [-0.3, -0.25) is 0 Å². The topological polar surface area (TPSA) is 50.8 Å². The molecule has 2 fully saturated rings. The summed E-state index contributed by atoms with van der Waals surface area (Å²) in [5, 5.41) is 3.02. The molecular formula is C20H30N2O3. The Hall–Kier alpha value is -1.75. The van der Waals surface area contributed by atoms with Crippen molar-refractivity contribution >= 4 is 6.03 Å². The molecule has 3 rings (SSSR count). The Morgan fingerprint density at radius 3 is 2.72 bits per heavy atom. The average molecular weight is 346 g/mol. The molecule has 1 saturated carbocycles. The van der Waals surface area contributed by atoms with Crippen molar-refractivity contribution < 1.29 is 14.3 Å². The third-order valence-corrected chi connectivity index (χ3v) is 5.26. The summed E-state index contributed by atoms with van der Waals surface area (Å²) in [5.74, 6) is 0.913. The van der Waals surface area contributed by atoms with Crippen LogP contribution in [0.3, 0.4) is 0 Å². The van der Waals surface area contributed by atoms with Gasteiger partial charge in [0.1, 0.15) is 5.75 Å². The van der Waals surface area contributed by atoms with Gasteiger partial charge in [-0.1, -0.05) is 18.6 Å². The molecule has 1 heterocycles. The summed E-state index contributed by atoms with van der Waals surface area (Å²) < 4.78 is 11.5. The minimum Gasteiger partial charge on any atom is -0.490 e. The maximum Gasteiger partial charge on any atom is 0.317 e. The van der Waals surface area contributed by atoms with E-state index in [1.165, 1.54) is 19.3 Å². The molecule has 0 bridgehead atoms. The highest BCUT2D eigenvalue weighted by Gasteiger charge is 2.22. The van der Waals surface area contributed by atoms with Crippen molar-refractivity contribution in [3.8, 4) is 5.75 Å². The molecule has 1 aromatic carbocycles. The van der Waals surface area contributed by atoms with E-state index in [0.717, 1.165) is 50.2 Å². The van der Waals surface area contributed by atoms with Crippen LogP contribution in [-0.4, -0.2) is 43.3 Å². The third kappa shape index (κ3) is 5.36. The number of amides is 2. The quantitative estimate of drug-likeness (QED) is 0.884. The summed E-state index contributed by atoms with van der Waals surface area (Å²) in [6.45, 7) is 2.00. The van der Waals surface area contributed by atoms with Crippen LogP contribution < -0.4 is 10.1 Å². The maximum absolute atomic E-state index is 12.4. The number of hydrogen-bond acceptors (Lipinski definition) is 3. The first-order valence-corrected chi connectivity index (χ1v) is 9.56. The fraction of sp³-hybridized carbons (Fsp3) is 0.650. The zero-order chi connectivity index (χ0) is 17.5. The molecule has 0 spiro atoms. The predicted octanol–water partition coefficient (Wildman–Crippen LogP) is 3.72. The van der Waals surface area contributed by atoms with Crippen molar-refractivity contribution in [1.82, 2.24) is 10.2 Å². The van der Waals surface area contributed by atoms with Crippen LogP contribution in [0.5, 0.6) is 5.75 Å².